The average Bonchev–Trinajstić information content (AvgIpc) is 3.07. The van der Waals surface area contributed by atoms with Crippen LogP contribution in [0.25, 0.3) is 0 Å². The number of hydrogen-bond acceptors (Lipinski definition) is 5. The second-order valence-electron chi connectivity index (χ2n) is 7.57. The predicted molar refractivity (Wildman–Crippen MR) is 99.3 cm³/mol. The first-order valence-corrected chi connectivity index (χ1v) is 9.86. The van der Waals surface area contributed by atoms with Crippen LogP contribution in [0.1, 0.15) is 43.0 Å². The van der Waals surface area contributed by atoms with Gasteiger partial charge in [0.2, 0.25) is 0 Å². The van der Waals surface area contributed by atoms with Gasteiger partial charge in [0.05, 0.1) is 6.54 Å². The first kappa shape index (κ1) is 18.8. The summed E-state index contributed by atoms with van der Waals surface area (Å²) in [4.78, 5) is 40.3. The molecule has 0 radical (unpaired) electrons. The van der Waals surface area contributed by atoms with Crippen molar-refractivity contribution in [2.24, 2.45) is 5.92 Å². The second kappa shape index (κ2) is 7.36. The summed E-state index contributed by atoms with van der Waals surface area (Å²) >= 11 is 1.65. The summed E-state index contributed by atoms with van der Waals surface area (Å²) in [6.45, 7) is 4.95. The van der Waals surface area contributed by atoms with E-state index in [2.05, 4.69) is 17.7 Å². The molecule has 1 aromatic heterocycles. The van der Waals surface area contributed by atoms with Gasteiger partial charge in [0.15, 0.2) is 0 Å². The van der Waals surface area contributed by atoms with E-state index in [1.165, 1.54) is 10.4 Å². The van der Waals surface area contributed by atoms with Crippen molar-refractivity contribution in [3.63, 3.8) is 0 Å². The molecule has 8 heteroatoms. The van der Waals surface area contributed by atoms with Crippen LogP contribution in [0.3, 0.4) is 0 Å². The molecule has 1 aliphatic carbocycles. The second-order valence-corrected chi connectivity index (χ2v) is 8.57. The van der Waals surface area contributed by atoms with Crippen LogP contribution in [0.2, 0.25) is 0 Å². The minimum Gasteiger partial charge on any atom is -0.322 e. The molecule has 0 atom stereocenters. The largest absolute Gasteiger partial charge is 0.344 e. The molecule has 1 spiro atoms. The Hall–Kier alpha value is -1.93. The summed E-state index contributed by atoms with van der Waals surface area (Å²) in [5.41, 5.74) is 2.84. The lowest BCUT2D eigenvalue weighted by molar-refractivity contribution is -0.140. The zero-order valence-electron chi connectivity index (χ0n) is 15.5. The number of likely N-dealkylation sites (N-methyl/N-ethyl adjacent to an activating group) is 1. The number of urea groups is 1. The van der Waals surface area contributed by atoms with Crippen molar-refractivity contribution in [2.75, 3.05) is 13.6 Å². The number of nitrogens with one attached hydrogen (secondary N) is 2. The number of imide groups is 1. The van der Waals surface area contributed by atoms with Crippen molar-refractivity contribution < 1.29 is 14.4 Å². The van der Waals surface area contributed by atoms with E-state index < -0.39 is 11.6 Å². The summed E-state index contributed by atoms with van der Waals surface area (Å²) in [6, 6.07) is 1.51. The maximum Gasteiger partial charge on any atom is 0.344 e. The number of thiophene rings is 1. The van der Waals surface area contributed by atoms with E-state index >= 15 is 0 Å². The molecule has 1 aliphatic heterocycles. The van der Waals surface area contributed by atoms with Gasteiger partial charge in [0.25, 0.3) is 11.8 Å². The number of carbonyl (C=O) groups excluding carboxylic acids is 3. The van der Waals surface area contributed by atoms with Gasteiger partial charge in [-0.3, -0.25) is 19.9 Å². The van der Waals surface area contributed by atoms with Crippen molar-refractivity contribution in [1.29, 1.82) is 0 Å². The monoisotopic (exact) mass is 378 g/mol. The minimum atomic E-state index is -0.836. The third kappa shape index (κ3) is 3.76. The van der Waals surface area contributed by atoms with Crippen molar-refractivity contribution in [3.8, 4) is 0 Å². The maximum absolute atomic E-state index is 12.7. The Morgan fingerprint density at radius 2 is 2.12 bits per heavy atom. The number of nitrogens with zero attached hydrogens (tertiary/aromatic N) is 2. The van der Waals surface area contributed by atoms with E-state index in [0.29, 0.717) is 25.3 Å². The summed E-state index contributed by atoms with van der Waals surface area (Å²) in [5, 5.41) is 5.69. The highest BCUT2D eigenvalue weighted by atomic mass is 32.1. The molecule has 1 saturated carbocycles. The van der Waals surface area contributed by atoms with Gasteiger partial charge in [-0.2, -0.15) is 5.01 Å². The number of hydrazine groups is 1. The minimum absolute atomic E-state index is 0.110. The van der Waals surface area contributed by atoms with Crippen molar-refractivity contribution >= 4 is 29.2 Å². The van der Waals surface area contributed by atoms with Gasteiger partial charge >= 0.3 is 6.03 Å². The molecular formula is C18H26N4O3S. The topological polar surface area (TPSA) is 81.8 Å². The van der Waals surface area contributed by atoms with Gasteiger partial charge in [0.1, 0.15) is 5.54 Å². The number of carbonyl (C=O) groups is 3. The van der Waals surface area contributed by atoms with Gasteiger partial charge in [-0.15, -0.1) is 11.3 Å². The number of amides is 4. The standard InChI is InChI=1S/C18H26N4O3S/c1-12-4-7-18(8-5-12)16(24)22(17(25)19-18)20-15(23)11-21(3)10-14-13(2)6-9-26-14/h6,9,12H,4-5,7-8,10-11H2,1-3H3,(H,19,25)(H,20,23). The van der Waals surface area contributed by atoms with Crippen LogP contribution in [-0.2, 0) is 16.1 Å². The number of hydrogen-bond donors (Lipinski definition) is 2. The normalized spacial score (nSPS) is 25.8. The molecule has 2 fully saturated rings. The van der Waals surface area contributed by atoms with Gasteiger partial charge in [0, 0.05) is 11.4 Å². The molecule has 1 aromatic rings. The highest BCUT2D eigenvalue weighted by Crippen LogP contribution is 2.35. The quantitative estimate of drug-likeness (QED) is 0.768. The molecule has 0 unspecified atom stereocenters. The highest BCUT2D eigenvalue weighted by Gasteiger charge is 2.52. The Balaban J connectivity index is 1.56. The lowest BCUT2D eigenvalue weighted by Gasteiger charge is -2.33. The molecule has 142 valence electrons. The first-order chi connectivity index (χ1) is 12.3. The van der Waals surface area contributed by atoms with Crippen LogP contribution in [0.4, 0.5) is 4.79 Å². The number of rotatable bonds is 5. The van der Waals surface area contributed by atoms with Crippen molar-refractivity contribution in [1.82, 2.24) is 20.7 Å². The Bertz CT molecular complexity index is 709. The highest BCUT2D eigenvalue weighted by molar-refractivity contribution is 7.10. The average molecular weight is 378 g/mol. The Morgan fingerprint density at radius 1 is 1.42 bits per heavy atom. The van der Waals surface area contributed by atoms with Crippen LogP contribution >= 0.6 is 11.3 Å². The molecule has 26 heavy (non-hydrogen) atoms. The van der Waals surface area contributed by atoms with E-state index in [1.807, 2.05) is 30.3 Å². The Morgan fingerprint density at radius 3 is 2.73 bits per heavy atom. The molecule has 7 nitrogen and oxygen atoms in total. The fourth-order valence-corrected chi connectivity index (χ4v) is 4.57. The van der Waals surface area contributed by atoms with Crippen LogP contribution < -0.4 is 10.7 Å². The van der Waals surface area contributed by atoms with Crippen LogP contribution in [0.15, 0.2) is 11.4 Å². The number of aryl methyl sites for hydroxylation is 1. The molecule has 0 aromatic carbocycles. The van der Waals surface area contributed by atoms with Gasteiger partial charge in [-0.25, -0.2) is 4.79 Å². The fourth-order valence-electron chi connectivity index (χ4n) is 3.59. The summed E-state index contributed by atoms with van der Waals surface area (Å²) in [7, 11) is 1.84. The molecule has 2 heterocycles. The van der Waals surface area contributed by atoms with Crippen LogP contribution in [0, 0.1) is 12.8 Å². The SMILES string of the molecule is Cc1ccsc1CN(C)CC(=O)NN1C(=O)NC2(CCC(C)CC2)C1=O. The van der Waals surface area contributed by atoms with E-state index in [4.69, 9.17) is 0 Å². The zero-order valence-corrected chi connectivity index (χ0v) is 16.3. The molecular weight excluding hydrogens is 352 g/mol. The van der Waals surface area contributed by atoms with Crippen molar-refractivity contribution in [2.45, 2.75) is 51.6 Å². The van der Waals surface area contributed by atoms with E-state index in [0.717, 1.165) is 17.9 Å². The summed E-state index contributed by atoms with van der Waals surface area (Å²) < 4.78 is 0. The maximum atomic E-state index is 12.7. The summed E-state index contributed by atoms with van der Waals surface area (Å²) in [6.07, 6.45) is 3.05. The predicted octanol–water partition coefficient (Wildman–Crippen LogP) is 2.02. The van der Waals surface area contributed by atoms with E-state index in [9.17, 15) is 14.4 Å². The molecule has 2 N–H and O–H groups in total. The van der Waals surface area contributed by atoms with Crippen LogP contribution in [0.5, 0.6) is 0 Å². The lowest BCUT2D eigenvalue weighted by atomic mass is 9.77. The Labute approximate surface area is 157 Å². The fraction of sp³-hybridized carbons (Fsp3) is 0.611. The van der Waals surface area contributed by atoms with Crippen molar-refractivity contribution in [3.05, 3.63) is 21.9 Å². The first-order valence-electron chi connectivity index (χ1n) is 8.98. The third-order valence-electron chi connectivity index (χ3n) is 5.32. The molecule has 4 amide bonds. The molecule has 1 saturated heterocycles. The van der Waals surface area contributed by atoms with E-state index in [1.54, 1.807) is 11.3 Å². The Kier molecular flexibility index (Phi) is 5.34. The zero-order chi connectivity index (χ0) is 18.9. The van der Waals surface area contributed by atoms with Gasteiger partial charge in [-0.05, 0) is 62.6 Å². The van der Waals surface area contributed by atoms with Crippen LogP contribution in [-0.4, -0.2) is 46.9 Å². The summed E-state index contributed by atoms with van der Waals surface area (Å²) in [5.74, 6) is -0.144. The molecule has 3 rings (SSSR count). The van der Waals surface area contributed by atoms with Gasteiger partial charge in [-0.1, -0.05) is 6.92 Å². The lowest BCUT2D eigenvalue weighted by Crippen LogP contribution is -2.52. The smallest absolute Gasteiger partial charge is 0.322 e. The molecule has 2 aliphatic rings. The third-order valence-corrected chi connectivity index (χ3v) is 6.33. The van der Waals surface area contributed by atoms with Gasteiger partial charge < -0.3 is 5.32 Å². The van der Waals surface area contributed by atoms with E-state index in [-0.39, 0.29) is 18.4 Å². The molecule has 0 bridgehead atoms.